The van der Waals surface area contributed by atoms with Crippen LogP contribution in [0.4, 0.5) is 0 Å². The summed E-state index contributed by atoms with van der Waals surface area (Å²) < 4.78 is 95.7. The molecule has 2 N–H and O–H groups in total. The van der Waals surface area contributed by atoms with Crippen LogP contribution >= 0.6 is 7.82 Å². The van der Waals surface area contributed by atoms with Gasteiger partial charge in [0.15, 0.2) is 36.8 Å². The van der Waals surface area contributed by atoms with E-state index in [0.29, 0.717) is 28.2 Å². The van der Waals surface area contributed by atoms with Crippen LogP contribution in [0.1, 0.15) is 78.8 Å². The van der Waals surface area contributed by atoms with Gasteiger partial charge in [-0.15, -0.1) is 0 Å². The number of carbonyl (C=O) groups is 6. The first kappa shape index (κ1) is 68.7. The van der Waals surface area contributed by atoms with Gasteiger partial charge in [-0.3, -0.25) is 4.52 Å². The van der Waals surface area contributed by atoms with Crippen LogP contribution < -0.4 is 9.47 Å². The van der Waals surface area contributed by atoms with Crippen LogP contribution in [0.15, 0.2) is 261 Å². The Morgan fingerprint density at radius 2 is 0.653 bits per heavy atom. The number of esters is 6. The Morgan fingerprint density at radius 3 is 1.02 bits per heavy atom. The molecule has 22 nitrogen and oxygen atoms in total. The van der Waals surface area contributed by atoms with Crippen molar-refractivity contribution >= 4 is 43.6 Å². The van der Waals surface area contributed by atoms with E-state index in [0.717, 1.165) is 0 Å². The van der Waals surface area contributed by atoms with E-state index in [2.05, 4.69) is 0 Å². The molecule has 23 heteroatoms. The fourth-order valence-corrected chi connectivity index (χ4v) is 11.7. The van der Waals surface area contributed by atoms with E-state index in [1.165, 1.54) is 111 Å². The first-order valence-electron chi connectivity index (χ1n) is 30.8. The molecule has 2 aliphatic heterocycles. The highest BCUT2D eigenvalue weighted by Gasteiger charge is 2.59. The van der Waals surface area contributed by atoms with E-state index in [1.54, 1.807) is 146 Å². The number of methoxy groups -OCH3 is 2. The molecular weight excluding hydrogens is 1280 g/mol. The van der Waals surface area contributed by atoms with Crippen molar-refractivity contribution in [1.29, 1.82) is 0 Å². The smallest absolute Gasteiger partial charge is 0.472 e. The highest BCUT2D eigenvalue weighted by atomic mass is 31.2. The van der Waals surface area contributed by atoms with E-state index in [4.69, 9.17) is 61.4 Å². The summed E-state index contributed by atoms with van der Waals surface area (Å²) in [6, 6.07) is 68.7. The molecule has 2 heterocycles. The van der Waals surface area contributed by atoms with Crippen LogP contribution in [0.2, 0.25) is 0 Å². The highest BCUT2D eigenvalue weighted by molar-refractivity contribution is 7.46. The predicted molar refractivity (Wildman–Crippen MR) is 349 cm³/mol. The van der Waals surface area contributed by atoms with Gasteiger partial charge >= 0.3 is 43.6 Å². The van der Waals surface area contributed by atoms with Gasteiger partial charge in [0.05, 0.1) is 54.2 Å². The van der Waals surface area contributed by atoms with Crippen molar-refractivity contribution in [1.82, 2.24) is 0 Å². The predicted octanol–water partition coefficient (Wildman–Crippen LogP) is 10.9. The normalized spacial score (nSPS) is 20.7. The fourth-order valence-electron chi connectivity index (χ4n) is 11.3. The third kappa shape index (κ3) is 16.6. The Kier molecular flexibility index (Phi) is 22.4. The van der Waals surface area contributed by atoms with Gasteiger partial charge in [0, 0.05) is 0 Å². The standard InChI is InChI=1S/C75H65O22P/c1-85-57-42-38-55(39-43-57)75(54-36-22-9-23-37-54,56-40-44-58(86-2)45-41-56)88-47-60-61(91-68(77)49-26-12-4-13-27-49)63(92-69(78)50-28-14-5-15-29-50)65(94-71(80)52-32-18-7-19-33-52)73(89-60)96-62-59(46-87-67(76)48-24-10-3-11-25-48)90-74(97-98(82,83)84)66(95-72(81)53-34-20-8-21-35-53)64(62)93-70(79)51-30-16-6-17-31-51/h3-45,59-66,73-74H,46-47H2,1-2H3,(H2,82,83,84)/t59-,60-,61+,62-,63+,64+,65-,66+,73+,74-/m1/s1. The minimum atomic E-state index is -5.73. The van der Waals surface area contributed by atoms with Gasteiger partial charge in [-0.25, -0.2) is 33.3 Å². The molecule has 502 valence electrons. The molecule has 0 aromatic heterocycles. The maximum absolute atomic E-state index is 15.0. The van der Waals surface area contributed by atoms with Crippen molar-refractivity contribution in [3.63, 3.8) is 0 Å². The van der Waals surface area contributed by atoms with Crippen molar-refractivity contribution < 1.29 is 104 Å². The van der Waals surface area contributed by atoms with E-state index in [9.17, 15) is 33.5 Å². The molecule has 9 aromatic carbocycles. The summed E-state index contributed by atoms with van der Waals surface area (Å²) in [5.74, 6) is -5.35. The third-order valence-corrected chi connectivity index (χ3v) is 16.5. The largest absolute Gasteiger partial charge is 0.497 e. The molecule has 0 radical (unpaired) electrons. The number of carbonyl (C=O) groups excluding carboxylic acids is 6. The first-order chi connectivity index (χ1) is 47.6. The molecule has 2 aliphatic rings. The van der Waals surface area contributed by atoms with Crippen LogP contribution in [0.3, 0.4) is 0 Å². The molecule has 10 atom stereocenters. The van der Waals surface area contributed by atoms with E-state index in [-0.39, 0.29) is 33.4 Å². The molecule has 2 fully saturated rings. The van der Waals surface area contributed by atoms with Crippen molar-refractivity contribution in [2.75, 3.05) is 27.4 Å². The van der Waals surface area contributed by atoms with Crippen LogP contribution in [-0.2, 0) is 62.1 Å². The van der Waals surface area contributed by atoms with Gasteiger partial charge in [0.1, 0.15) is 42.0 Å². The lowest BCUT2D eigenvalue weighted by Crippen LogP contribution is -2.67. The van der Waals surface area contributed by atoms with Crippen molar-refractivity contribution in [2.24, 2.45) is 0 Å². The number of rotatable bonds is 25. The zero-order chi connectivity index (χ0) is 68.6. The lowest BCUT2D eigenvalue weighted by Gasteiger charge is -2.49. The maximum atomic E-state index is 15.0. The number of ether oxygens (including phenoxy) is 12. The minimum Gasteiger partial charge on any atom is -0.497 e. The Balaban J connectivity index is 1.13. The molecule has 9 aromatic rings. The quantitative estimate of drug-likeness (QED) is 0.0233. The number of hydrogen-bond acceptors (Lipinski definition) is 20. The molecule has 0 aliphatic carbocycles. The highest BCUT2D eigenvalue weighted by Crippen LogP contribution is 2.46. The Hall–Kier alpha value is -10.7. The van der Waals surface area contributed by atoms with E-state index in [1.807, 2.05) is 18.2 Å². The maximum Gasteiger partial charge on any atom is 0.472 e. The Labute approximate surface area is 562 Å². The molecule has 0 saturated carbocycles. The van der Waals surface area contributed by atoms with Gasteiger partial charge in [-0.2, -0.15) is 0 Å². The molecule has 11 rings (SSSR count). The lowest BCUT2D eigenvalue weighted by atomic mass is 9.80. The zero-order valence-corrected chi connectivity index (χ0v) is 53.4. The minimum absolute atomic E-state index is 0.0186. The second-order valence-corrected chi connectivity index (χ2v) is 23.4. The molecule has 0 unspecified atom stereocenters. The number of phosphoric acid groups is 1. The average molecular weight is 1350 g/mol. The van der Waals surface area contributed by atoms with Crippen LogP contribution in [0.5, 0.6) is 11.5 Å². The Morgan fingerprint density at radius 1 is 0.357 bits per heavy atom. The summed E-state index contributed by atoms with van der Waals surface area (Å²) in [7, 11) is -2.70. The molecule has 2 saturated heterocycles. The van der Waals surface area contributed by atoms with Crippen LogP contribution in [-0.4, -0.2) is 134 Å². The topological polar surface area (TPSA) is 280 Å². The van der Waals surface area contributed by atoms with Crippen molar-refractivity contribution in [3.8, 4) is 11.5 Å². The van der Waals surface area contributed by atoms with Gasteiger partial charge in [-0.1, -0.05) is 164 Å². The van der Waals surface area contributed by atoms with E-state index < -0.39 is 124 Å². The SMILES string of the molecule is COc1ccc(C(OC[C@H]2O[C@@H](O[C@H]3[C@H](OC(=O)c4ccccc4)[C@H](OC(=O)c4ccccc4)[C@@H](OP(=O)(O)O)O[C@@H]3COC(=O)c3ccccc3)[C@H](OC(=O)c3ccccc3)[C@@H](OC(=O)c3ccccc3)[C@H]2OC(=O)c2ccccc2)(c2ccccc2)c2ccc(OC)cc2)cc1. The molecule has 0 bridgehead atoms. The number of phosphoric ester groups is 1. The van der Waals surface area contributed by atoms with Crippen LogP contribution in [0, 0.1) is 0 Å². The van der Waals surface area contributed by atoms with Crippen LogP contribution in [0.25, 0.3) is 0 Å². The van der Waals surface area contributed by atoms with Gasteiger partial charge in [-0.05, 0) is 114 Å². The summed E-state index contributed by atoms with van der Waals surface area (Å²) in [4.78, 5) is 110. The first-order valence-corrected chi connectivity index (χ1v) is 32.3. The van der Waals surface area contributed by atoms with Crippen molar-refractivity contribution in [2.45, 2.75) is 67.0 Å². The number of hydrogen-bond donors (Lipinski definition) is 2. The monoisotopic (exact) mass is 1350 g/mol. The summed E-state index contributed by atoms with van der Waals surface area (Å²) in [5, 5.41) is 0. The molecular formula is C75H65O22P. The lowest BCUT2D eigenvalue weighted by molar-refractivity contribution is -0.352. The third-order valence-electron chi connectivity index (χ3n) is 16.0. The van der Waals surface area contributed by atoms with Gasteiger partial charge < -0.3 is 66.6 Å². The Bertz CT molecular complexity index is 4130. The second kappa shape index (κ2) is 31.9. The zero-order valence-electron chi connectivity index (χ0n) is 52.5. The molecule has 0 spiro atoms. The van der Waals surface area contributed by atoms with Gasteiger partial charge in [0.25, 0.3) is 0 Å². The van der Waals surface area contributed by atoms with E-state index >= 15 is 9.59 Å². The van der Waals surface area contributed by atoms with Crippen molar-refractivity contribution in [3.05, 3.63) is 311 Å². The number of benzene rings is 9. The average Bonchev–Trinajstić information content (AvgIpc) is 0.754. The van der Waals surface area contributed by atoms with Gasteiger partial charge in [0.2, 0.25) is 6.29 Å². The fraction of sp³-hybridized carbons (Fsp3) is 0.200. The summed E-state index contributed by atoms with van der Waals surface area (Å²) >= 11 is 0. The summed E-state index contributed by atoms with van der Waals surface area (Å²) in [6.45, 7) is -1.60. The second-order valence-electron chi connectivity index (χ2n) is 22.2. The molecule has 98 heavy (non-hydrogen) atoms. The summed E-state index contributed by atoms with van der Waals surface area (Å²) in [6.07, 6.45) is -20.8. The molecule has 0 amide bonds. The summed E-state index contributed by atoms with van der Waals surface area (Å²) in [5.41, 5.74) is -0.291.